The molecule has 0 bridgehead atoms. The van der Waals surface area contributed by atoms with Gasteiger partial charge in [-0.15, -0.1) is 0 Å². The molecule has 4 nitrogen and oxygen atoms in total. The molecule has 2 atom stereocenters. The van der Waals surface area contributed by atoms with Gasteiger partial charge in [0.2, 0.25) is 0 Å². The molecule has 1 aliphatic carbocycles. The Morgan fingerprint density at radius 3 is 3.00 bits per heavy atom. The summed E-state index contributed by atoms with van der Waals surface area (Å²) in [6.07, 6.45) is 9.71. The fraction of sp³-hybridized carbons (Fsp3) is 0.692. The lowest BCUT2D eigenvalue weighted by Crippen LogP contribution is -2.50. The maximum atomic E-state index is 9.47. The highest BCUT2D eigenvalue weighted by Gasteiger charge is 2.37. The Kier molecular flexibility index (Phi) is 3.49. The van der Waals surface area contributed by atoms with Gasteiger partial charge in [0.05, 0.1) is 12.4 Å². The van der Waals surface area contributed by atoms with Crippen molar-refractivity contribution in [3.05, 3.63) is 18.7 Å². The number of nitrogens with one attached hydrogen (secondary N) is 1. The average molecular weight is 232 g/mol. The molecule has 0 amide bonds. The van der Waals surface area contributed by atoms with E-state index in [4.69, 9.17) is 0 Å². The molecule has 0 aliphatic heterocycles. The summed E-state index contributed by atoms with van der Waals surface area (Å²) in [4.78, 5) is 4.09. The van der Waals surface area contributed by atoms with Gasteiger partial charge >= 0.3 is 0 Å². The van der Waals surface area contributed by atoms with Crippen LogP contribution in [0.2, 0.25) is 0 Å². The van der Waals surface area contributed by atoms with Crippen molar-refractivity contribution >= 4 is 0 Å². The van der Waals surface area contributed by atoms with Crippen LogP contribution in [0.25, 0.3) is 0 Å². The van der Waals surface area contributed by atoms with Crippen LogP contribution in [0.1, 0.15) is 45.6 Å². The highest BCUT2D eigenvalue weighted by Crippen LogP contribution is 2.35. The van der Waals surface area contributed by atoms with E-state index >= 15 is 0 Å². The first kappa shape index (κ1) is 12.1. The maximum absolute atomic E-state index is 9.47. The first-order chi connectivity index (χ1) is 8.15. The van der Waals surface area contributed by atoms with Crippen LogP contribution in [-0.2, 0) is 0 Å². The van der Waals surface area contributed by atoms with Crippen molar-refractivity contribution in [2.24, 2.45) is 0 Å². The monoisotopic (exact) mass is 232 g/mol. The Bertz CT molecular complexity index is 390. The second-order valence-corrected chi connectivity index (χ2v) is 5.25. The standard InChI is InChI=1S/C13H20N4/c1-11(2)16-13(9-14)5-3-4-12(8-13)17-7-6-15-10-17/h6-7,10-12,16H,3-5,8H2,1-2H3. The van der Waals surface area contributed by atoms with Crippen molar-refractivity contribution in [3.8, 4) is 6.07 Å². The second-order valence-electron chi connectivity index (χ2n) is 5.25. The van der Waals surface area contributed by atoms with E-state index in [9.17, 15) is 5.26 Å². The molecular formula is C13H20N4. The van der Waals surface area contributed by atoms with Crippen molar-refractivity contribution in [3.63, 3.8) is 0 Å². The first-order valence-corrected chi connectivity index (χ1v) is 6.31. The van der Waals surface area contributed by atoms with Crippen LogP contribution >= 0.6 is 0 Å². The fourth-order valence-electron chi connectivity index (χ4n) is 2.80. The molecule has 2 rings (SSSR count). The van der Waals surface area contributed by atoms with E-state index in [0.717, 1.165) is 25.7 Å². The Hall–Kier alpha value is -1.34. The van der Waals surface area contributed by atoms with Gasteiger partial charge in [0.1, 0.15) is 5.54 Å². The summed E-state index contributed by atoms with van der Waals surface area (Å²) in [6.45, 7) is 4.19. The molecule has 1 aromatic rings. The van der Waals surface area contributed by atoms with Gasteiger partial charge in [-0.25, -0.2) is 4.98 Å². The van der Waals surface area contributed by atoms with Gasteiger partial charge in [-0.05, 0) is 39.5 Å². The zero-order chi connectivity index (χ0) is 12.3. The van der Waals surface area contributed by atoms with Gasteiger partial charge in [0, 0.05) is 24.5 Å². The smallest absolute Gasteiger partial charge is 0.108 e. The molecule has 92 valence electrons. The van der Waals surface area contributed by atoms with Crippen LogP contribution in [0.3, 0.4) is 0 Å². The second kappa shape index (κ2) is 4.89. The van der Waals surface area contributed by atoms with Gasteiger partial charge in [0.25, 0.3) is 0 Å². The van der Waals surface area contributed by atoms with Crippen molar-refractivity contribution in [1.82, 2.24) is 14.9 Å². The predicted octanol–water partition coefficient (Wildman–Crippen LogP) is 2.26. The molecule has 1 saturated carbocycles. The zero-order valence-electron chi connectivity index (χ0n) is 10.6. The van der Waals surface area contributed by atoms with Gasteiger partial charge in [-0.1, -0.05) is 0 Å². The lowest BCUT2D eigenvalue weighted by atomic mass is 9.79. The molecule has 17 heavy (non-hydrogen) atoms. The van der Waals surface area contributed by atoms with Crippen LogP contribution in [0.15, 0.2) is 18.7 Å². The predicted molar refractivity (Wildman–Crippen MR) is 66.3 cm³/mol. The molecule has 0 radical (unpaired) electrons. The third-order valence-electron chi connectivity index (χ3n) is 3.45. The SMILES string of the molecule is CC(C)NC1(C#N)CCCC(n2ccnc2)C1. The summed E-state index contributed by atoms with van der Waals surface area (Å²) in [5.74, 6) is 0. The van der Waals surface area contributed by atoms with E-state index in [1.54, 1.807) is 6.20 Å². The summed E-state index contributed by atoms with van der Waals surface area (Å²) in [5.41, 5.74) is -0.360. The van der Waals surface area contributed by atoms with Crippen LogP contribution in [0.4, 0.5) is 0 Å². The Balaban J connectivity index is 2.12. The van der Waals surface area contributed by atoms with Gasteiger partial charge in [-0.2, -0.15) is 5.26 Å². The molecule has 2 unspecified atom stereocenters. The normalized spacial score (nSPS) is 29.2. The summed E-state index contributed by atoms with van der Waals surface area (Å²) in [5, 5.41) is 12.9. The van der Waals surface area contributed by atoms with E-state index < -0.39 is 0 Å². The molecule has 0 aromatic carbocycles. The lowest BCUT2D eigenvalue weighted by Gasteiger charge is -2.38. The Morgan fingerprint density at radius 1 is 1.59 bits per heavy atom. The van der Waals surface area contributed by atoms with E-state index in [2.05, 4.69) is 34.8 Å². The van der Waals surface area contributed by atoms with Crippen molar-refractivity contribution in [2.75, 3.05) is 0 Å². The van der Waals surface area contributed by atoms with Crippen LogP contribution < -0.4 is 5.32 Å². The van der Waals surface area contributed by atoms with Gasteiger partial charge < -0.3 is 4.57 Å². The molecule has 1 heterocycles. The number of imidazole rings is 1. The number of aromatic nitrogens is 2. The van der Waals surface area contributed by atoms with Gasteiger partial charge in [-0.3, -0.25) is 5.32 Å². The highest BCUT2D eigenvalue weighted by atomic mass is 15.1. The number of nitrogens with zero attached hydrogens (tertiary/aromatic N) is 3. The van der Waals surface area contributed by atoms with E-state index in [-0.39, 0.29) is 5.54 Å². The van der Waals surface area contributed by atoms with Crippen LogP contribution in [0, 0.1) is 11.3 Å². The summed E-state index contributed by atoms with van der Waals surface area (Å²) in [6, 6.07) is 3.24. The summed E-state index contributed by atoms with van der Waals surface area (Å²) in [7, 11) is 0. The number of nitriles is 1. The maximum Gasteiger partial charge on any atom is 0.108 e. The van der Waals surface area contributed by atoms with E-state index in [1.807, 2.05) is 12.5 Å². The minimum atomic E-state index is -0.360. The highest BCUT2D eigenvalue weighted by molar-refractivity contribution is 5.11. The minimum Gasteiger partial charge on any atom is -0.334 e. The quantitative estimate of drug-likeness (QED) is 0.869. The first-order valence-electron chi connectivity index (χ1n) is 6.31. The van der Waals surface area contributed by atoms with Crippen molar-refractivity contribution in [1.29, 1.82) is 5.26 Å². The van der Waals surface area contributed by atoms with E-state index in [1.165, 1.54) is 0 Å². The molecule has 1 fully saturated rings. The molecule has 0 spiro atoms. The lowest BCUT2D eigenvalue weighted by molar-refractivity contribution is 0.219. The van der Waals surface area contributed by atoms with E-state index in [0.29, 0.717) is 12.1 Å². The molecule has 1 N–H and O–H groups in total. The minimum absolute atomic E-state index is 0.344. The third-order valence-corrected chi connectivity index (χ3v) is 3.45. The average Bonchev–Trinajstić information content (AvgIpc) is 2.82. The van der Waals surface area contributed by atoms with Gasteiger partial charge in [0.15, 0.2) is 0 Å². The topological polar surface area (TPSA) is 53.6 Å². The van der Waals surface area contributed by atoms with Crippen molar-refractivity contribution < 1.29 is 0 Å². The van der Waals surface area contributed by atoms with Crippen LogP contribution in [-0.4, -0.2) is 21.1 Å². The Morgan fingerprint density at radius 2 is 2.41 bits per heavy atom. The number of hydrogen-bond acceptors (Lipinski definition) is 3. The zero-order valence-corrected chi connectivity index (χ0v) is 10.6. The number of hydrogen-bond donors (Lipinski definition) is 1. The van der Waals surface area contributed by atoms with Crippen molar-refractivity contribution in [2.45, 2.75) is 57.2 Å². The summed E-state index contributed by atoms with van der Waals surface area (Å²) < 4.78 is 2.13. The molecular weight excluding hydrogens is 212 g/mol. The Labute approximate surface area is 103 Å². The molecule has 4 heteroatoms. The summed E-state index contributed by atoms with van der Waals surface area (Å²) >= 11 is 0. The number of rotatable bonds is 3. The third kappa shape index (κ3) is 2.67. The molecule has 1 aromatic heterocycles. The molecule has 1 aliphatic rings. The molecule has 0 saturated heterocycles. The largest absolute Gasteiger partial charge is 0.334 e. The van der Waals surface area contributed by atoms with Crippen LogP contribution in [0.5, 0.6) is 0 Å². The fourth-order valence-corrected chi connectivity index (χ4v) is 2.80.